The van der Waals surface area contributed by atoms with Crippen LogP contribution in [0.5, 0.6) is 0 Å². The molecule has 206 valence electrons. The van der Waals surface area contributed by atoms with Gasteiger partial charge in [-0.2, -0.15) is 0 Å². The van der Waals surface area contributed by atoms with Crippen LogP contribution in [-0.4, -0.2) is 50.6 Å². The monoisotopic (exact) mass is 551 g/mol. The minimum atomic E-state index is -3.33. The highest BCUT2D eigenvalue weighted by Gasteiger charge is 2.34. The lowest BCUT2D eigenvalue weighted by Crippen LogP contribution is -2.44. The van der Waals surface area contributed by atoms with Crippen LogP contribution < -0.4 is 20.7 Å². The summed E-state index contributed by atoms with van der Waals surface area (Å²) in [6.07, 6.45) is 2.24. The Morgan fingerprint density at radius 2 is 1.57 bits per heavy atom. The van der Waals surface area contributed by atoms with Crippen molar-refractivity contribution < 1.29 is 18.0 Å². The van der Waals surface area contributed by atoms with Crippen molar-refractivity contribution in [3.05, 3.63) is 40.4 Å². The van der Waals surface area contributed by atoms with E-state index in [1.807, 2.05) is 0 Å². The van der Waals surface area contributed by atoms with Crippen LogP contribution in [0.15, 0.2) is 24.3 Å². The Labute approximate surface area is 225 Å². The molecule has 0 aliphatic carbocycles. The van der Waals surface area contributed by atoms with Crippen LogP contribution in [0.1, 0.15) is 69.4 Å². The molecule has 11 heteroatoms. The molecular weight excluding hydrogens is 510 g/mol. The summed E-state index contributed by atoms with van der Waals surface area (Å²) in [7, 11) is -3.33. The second-order valence-corrected chi connectivity index (χ2v) is 14.2. The molecule has 2 aromatic rings. The Hall–Kier alpha value is -2.50. The summed E-state index contributed by atoms with van der Waals surface area (Å²) in [5.74, 6) is -0.620. The molecule has 0 aliphatic rings. The SMILES string of the molecule is CC(=O)Nc1nc(CCc2ccc(NC(C(C)(C)C)C(C)(C)C)cc2)c(C(=O)NCCNS(C)(=O)=O)s1. The third kappa shape index (κ3) is 10.4. The predicted octanol–water partition coefficient (Wildman–Crippen LogP) is 4.04. The van der Waals surface area contributed by atoms with Crippen molar-refractivity contribution in [3.8, 4) is 0 Å². The van der Waals surface area contributed by atoms with Crippen LogP contribution in [-0.2, 0) is 27.7 Å². The fraction of sp³-hybridized carbons (Fsp3) is 0.577. The van der Waals surface area contributed by atoms with E-state index in [2.05, 4.69) is 91.5 Å². The van der Waals surface area contributed by atoms with Gasteiger partial charge in [0, 0.05) is 31.7 Å². The van der Waals surface area contributed by atoms with E-state index in [0.717, 1.165) is 28.8 Å². The molecule has 0 atom stereocenters. The van der Waals surface area contributed by atoms with Gasteiger partial charge in [-0.3, -0.25) is 9.59 Å². The van der Waals surface area contributed by atoms with Gasteiger partial charge in [-0.25, -0.2) is 18.1 Å². The fourth-order valence-electron chi connectivity index (χ4n) is 4.32. The zero-order chi connectivity index (χ0) is 28.0. The van der Waals surface area contributed by atoms with Gasteiger partial charge < -0.3 is 16.0 Å². The van der Waals surface area contributed by atoms with Crippen molar-refractivity contribution in [2.75, 3.05) is 30.0 Å². The molecule has 0 radical (unpaired) electrons. The van der Waals surface area contributed by atoms with E-state index in [4.69, 9.17) is 0 Å². The first-order valence-electron chi connectivity index (χ1n) is 12.3. The number of aryl methyl sites for hydroxylation is 2. The second-order valence-electron chi connectivity index (χ2n) is 11.4. The van der Waals surface area contributed by atoms with E-state index >= 15 is 0 Å². The topological polar surface area (TPSA) is 129 Å². The minimum absolute atomic E-state index is 0.0862. The van der Waals surface area contributed by atoms with E-state index in [1.165, 1.54) is 6.92 Å². The van der Waals surface area contributed by atoms with Crippen LogP contribution in [0.3, 0.4) is 0 Å². The third-order valence-corrected chi connectivity index (χ3v) is 7.35. The lowest BCUT2D eigenvalue weighted by Gasteiger charge is -2.42. The van der Waals surface area contributed by atoms with Crippen LogP contribution in [0, 0.1) is 10.8 Å². The Bertz CT molecular complexity index is 1160. The normalized spacial score (nSPS) is 12.5. The number of benzene rings is 1. The molecule has 1 aromatic heterocycles. The highest BCUT2D eigenvalue weighted by Crippen LogP contribution is 2.36. The van der Waals surface area contributed by atoms with E-state index in [1.54, 1.807) is 0 Å². The van der Waals surface area contributed by atoms with Crippen LogP contribution in [0.25, 0.3) is 0 Å². The highest BCUT2D eigenvalue weighted by atomic mass is 32.2. The molecule has 4 N–H and O–H groups in total. The Balaban J connectivity index is 2.10. The van der Waals surface area contributed by atoms with Crippen molar-refractivity contribution in [3.63, 3.8) is 0 Å². The molecule has 9 nitrogen and oxygen atoms in total. The first-order chi connectivity index (χ1) is 17.0. The van der Waals surface area contributed by atoms with Crippen LogP contribution >= 0.6 is 11.3 Å². The first-order valence-corrected chi connectivity index (χ1v) is 15.0. The van der Waals surface area contributed by atoms with Gasteiger partial charge in [0.1, 0.15) is 4.88 Å². The summed E-state index contributed by atoms with van der Waals surface area (Å²) < 4.78 is 24.8. The number of nitrogens with one attached hydrogen (secondary N) is 4. The number of nitrogens with zero attached hydrogens (tertiary/aromatic N) is 1. The largest absolute Gasteiger partial charge is 0.381 e. The zero-order valence-corrected chi connectivity index (χ0v) is 24.7. The van der Waals surface area contributed by atoms with Crippen LogP contribution in [0.4, 0.5) is 10.8 Å². The summed E-state index contributed by atoms with van der Waals surface area (Å²) >= 11 is 1.10. The fourth-order valence-corrected chi connectivity index (χ4v) is 5.77. The van der Waals surface area contributed by atoms with Crippen LogP contribution in [0.2, 0.25) is 0 Å². The number of aromatic nitrogens is 1. The molecule has 2 amide bonds. The number of thiazole rings is 1. The van der Waals surface area contributed by atoms with Gasteiger partial charge in [-0.05, 0) is 41.4 Å². The van der Waals surface area contributed by atoms with E-state index < -0.39 is 10.0 Å². The Kier molecular flexibility index (Phi) is 10.3. The summed E-state index contributed by atoms with van der Waals surface area (Å²) in [6.45, 7) is 15.0. The summed E-state index contributed by atoms with van der Waals surface area (Å²) in [6, 6.07) is 8.57. The second kappa shape index (κ2) is 12.4. The maximum Gasteiger partial charge on any atom is 0.263 e. The molecule has 2 rings (SSSR count). The molecule has 37 heavy (non-hydrogen) atoms. The van der Waals surface area contributed by atoms with Gasteiger partial charge in [0.15, 0.2) is 5.13 Å². The van der Waals surface area contributed by atoms with Crippen molar-refractivity contribution >= 4 is 44.0 Å². The van der Waals surface area contributed by atoms with Gasteiger partial charge >= 0.3 is 0 Å². The maximum absolute atomic E-state index is 12.8. The first kappa shape index (κ1) is 30.7. The van der Waals surface area contributed by atoms with Crippen molar-refractivity contribution in [1.82, 2.24) is 15.0 Å². The van der Waals surface area contributed by atoms with E-state index in [-0.39, 0.29) is 41.8 Å². The number of sulfonamides is 1. The lowest BCUT2D eigenvalue weighted by molar-refractivity contribution is -0.114. The van der Waals surface area contributed by atoms with Gasteiger partial charge in [0.25, 0.3) is 5.91 Å². The molecule has 0 saturated heterocycles. The van der Waals surface area contributed by atoms with Gasteiger partial charge in [-0.15, -0.1) is 0 Å². The molecule has 0 fully saturated rings. The van der Waals surface area contributed by atoms with Crippen molar-refractivity contribution in [2.45, 2.75) is 67.3 Å². The van der Waals surface area contributed by atoms with Gasteiger partial charge in [0.2, 0.25) is 15.9 Å². The van der Waals surface area contributed by atoms with Gasteiger partial charge in [0.05, 0.1) is 11.9 Å². The van der Waals surface area contributed by atoms with E-state index in [0.29, 0.717) is 28.5 Å². The predicted molar refractivity (Wildman–Crippen MR) is 152 cm³/mol. The molecule has 0 aliphatic heterocycles. The number of carbonyl (C=O) groups is 2. The minimum Gasteiger partial charge on any atom is -0.381 e. The number of carbonyl (C=O) groups excluding carboxylic acids is 2. The average molecular weight is 552 g/mol. The summed E-state index contributed by atoms with van der Waals surface area (Å²) in [4.78, 5) is 29.1. The quantitative estimate of drug-likeness (QED) is 0.312. The molecule has 1 aromatic carbocycles. The van der Waals surface area contributed by atoms with Crippen molar-refractivity contribution in [2.24, 2.45) is 10.8 Å². The summed E-state index contributed by atoms with van der Waals surface area (Å²) in [5.41, 5.74) is 2.93. The molecule has 0 bridgehead atoms. The number of rotatable bonds is 11. The van der Waals surface area contributed by atoms with Crippen molar-refractivity contribution in [1.29, 1.82) is 0 Å². The molecule has 1 heterocycles. The smallest absolute Gasteiger partial charge is 0.263 e. The molecule has 0 unspecified atom stereocenters. The van der Waals surface area contributed by atoms with Gasteiger partial charge in [-0.1, -0.05) is 65.0 Å². The number of amides is 2. The molecular formula is C26H41N5O4S2. The molecule has 0 saturated carbocycles. The molecule has 0 spiro atoms. The Morgan fingerprint density at radius 3 is 2.08 bits per heavy atom. The number of hydrogen-bond donors (Lipinski definition) is 4. The lowest BCUT2D eigenvalue weighted by atomic mass is 9.72. The summed E-state index contributed by atoms with van der Waals surface area (Å²) in [5, 5.41) is 9.40. The third-order valence-electron chi connectivity index (χ3n) is 5.61. The Morgan fingerprint density at radius 1 is 0.973 bits per heavy atom. The number of hydrogen-bond acceptors (Lipinski definition) is 7. The zero-order valence-electron chi connectivity index (χ0n) is 23.1. The standard InChI is InChI=1S/C26H41N5O4S2/c1-17(32)29-24-31-20(21(36-24)22(33)27-15-16-28-37(8,34)35)14-11-18-9-12-19(13-10-18)30-23(25(2,3)4)26(5,6)7/h9-10,12-13,23,28,30H,11,14-16H2,1-8H3,(H,27,33)(H,29,31,32). The number of anilines is 2. The van der Waals surface area contributed by atoms with E-state index in [9.17, 15) is 18.0 Å². The maximum atomic E-state index is 12.8. The highest BCUT2D eigenvalue weighted by molar-refractivity contribution is 7.88. The average Bonchev–Trinajstić information content (AvgIpc) is 3.14.